The second-order valence-electron chi connectivity index (χ2n) is 7.51. The predicted octanol–water partition coefficient (Wildman–Crippen LogP) is 4.14. The molecule has 1 aliphatic rings. The van der Waals surface area contributed by atoms with Gasteiger partial charge in [0.2, 0.25) is 0 Å². The van der Waals surface area contributed by atoms with E-state index in [0.717, 1.165) is 48.7 Å². The highest BCUT2D eigenvalue weighted by molar-refractivity contribution is 7.15. The van der Waals surface area contributed by atoms with Crippen LogP contribution in [0.4, 0.5) is 10.9 Å². The molecule has 1 N–H and O–H groups in total. The molecule has 1 fully saturated rings. The predicted molar refractivity (Wildman–Crippen MR) is 113 cm³/mol. The Morgan fingerprint density at radius 1 is 1.04 bits per heavy atom. The van der Waals surface area contributed by atoms with Crippen LogP contribution < -0.4 is 5.32 Å². The van der Waals surface area contributed by atoms with Crippen LogP contribution in [0.3, 0.4) is 0 Å². The molecule has 4 heterocycles. The van der Waals surface area contributed by atoms with E-state index in [9.17, 15) is 0 Å². The van der Waals surface area contributed by atoms with Gasteiger partial charge in [-0.25, -0.2) is 19.9 Å². The Morgan fingerprint density at radius 3 is 2.54 bits per heavy atom. The summed E-state index contributed by atoms with van der Waals surface area (Å²) in [5.74, 6) is 2.44. The standard InChI is InChI=1S/C21H26N6S/c1-15-11-25-21(28-15)26-20-10-18(3-6-22-20)9-17-4-7-27(8-5-17)14-19-12-23-16(2)24-13-19/h3,6,10-13,17H,4-5,7-9,14H2,1-2H3,(H,22,25,26). The number of nitrogens with zero attached hydrogens (tertiary/aromatic N) is 5. The highest BCUT2D eigenvalue weighted by atomic mass is 32.1. The van der Waals surface area contributed by atoms with Crippen LogP contribution in [0.5, 0.6) is 0 Å². The van der Waals surface area contributed by atoms with Gasteiger partial charge in [-0.2, -0.15) is 0 Å². The van der Waals surface area contributed by atoms with Crippen molar-refractivity contribution in [2.75, 3.05) is 18.4 Å². The number of anilines is 2. The van der Waals surface area contributed by atoms with E-state index >= 15 is 0 Å². The van der Waals surface area contributed by atoms with Gasteiger partial charge in [0.1, 0.15) is 11.6 Å². The van der Waals surface area contributed by atoms with Crippen LogP contribution in [0.1, 0.15) is 34.7 Å². The molecule has 1 saturated heterocycles. The molecule has 3 aromatic rings. The van der Waals surface area contributed by atoms with Crippen molar-refractivity contribution in [1.29, 1.82) is 0 Å². The van der Waals surface area contributed by atoms with Gasteiger partial charge in [-0.1, -0.05) is 0 Å². The maximum atomic E-state index is 4.44. The van der Waals surface area contributed by atoms with E-state index < -0.39 is 0 Å². The van der Waals surface area contributed by atoms with Crippen LogP contribution in [0.15, 0.2) is 36.9 Å². The van der Waals surface area contributed by atoms with Crippen molar-refractivity contribution in [2.45, 2.75) is 39.7 Å². The molecule has 0 aromatic carbocycles. The molecule has 0 unspecified atom stereocenters. The summed E-state index contributed by atoms with van der Waals surface area (Å²) in [4.78, 5) is 21.1. The average Bonchev–Trinajstić information content (AvgIpc) is 3.10. The summed E-state index contributed by atoms with van der Waals surface area (Å²) in [5.41, 5.74) is 2.54. The number of nitrogens with one attached hydrogen (secondary N) is 1. The topological polar surface area (TPSA) is 66.8 Å². The summed E-state index contributed by atoms with van der Waals surface area (Å²) in [7, 11) is 0. The lowest BCUT2D eigenvalue weighted by Crippen LogP contribution is -2.33. The lowest BCUT2D eigenvalue weighted by atomic mass is 9.90. The first-order valence-electron chi connectivity index (χ1n) is 9.78. The summed E-state index contributed by atoms with van der Waals surface area (Å²) >= 11 is 1.65. The van der Waals surface area contributed by atoms with Crippen LogP contribution in [0.2, 0.25) is 0 Å². The number of piperidine rings is 1. The molecule has 0 spiro atoms. The molecule has 0 amide bonds. The summed E-state index contributed by atoms with van der Waals surface area (Å²) < 4.78 is 0. The third kappa shape index (κ3) is 5.11. The Morgan fingerprint density at radius 2 is 1.82 bits per heavy atom. The maximum Gasteiger partial charge on any atom is 0.188 e. The van der Waals surface area contributed by atoms with Crippen molar-refractivity contribution in [2.24, 2.45) is 5.92 Å². The molecule has 0 saturated carbocycles. The average molecular weight is 395 g/mol. The summed E-state index contributed by atoms with van der Waals surface area (Å²) in [6.45, 7) is 7.20. The zero-order valence-corrected chi connectivity index (χ0v) is 17.2. The summed E-state index contributed by atoms with van der Waals surface area (Å²) in [6, 6.07) is 4.29. The molecule has 3 aromatic heterocycles. The smallest absolute Gasteiger partial charge is 0.188 e. The number of likely N-dealkylation sites (tertiary alicyclic amines) is 1. The number of aryl methyl sites for hydroxylation is 2. The van der Waals surface area contributed by atoms with Gasteiger partial charge in [-0.15, -0.1) is 11.3 Å². The van der Waals surface area contributed by atoms with Crippen molar-refractivity contribution in [3.8, 4) is 0 Å². The molecular formula is C21H26N6S. The molecular weight excluding hydrogens is 368 g/mol. The Labute approximate surface area is 170 Å². The van der Waals surface area contributed by atoms with E-state index in [0.29, 0.717) is 0 Å². The molecule has 1 aliphatic heterocycles. The van der Waals surface area contributed by atoms with Crippen molar-refractivity contribution < 1.29 is 0 Å². The van der Waals surface area contributed by atoms with Crippen molar-refractivity contribution in [3.05, 3.63) is 58.7 Å². The quantitative estimate of drug-likeness (QED) is 0.678. The minimum atomic E-state index is 0.725. The molecule has 146 valence electrons. The molecule has 0 aliphatic carbocycles. The second-order valence-corrected chi connectivity index (χ2v) is 8.75. The molecule has 28 heavy (non-hydrogen) atoms. The van der Waals surface area contributed by atoms with E-state index in [1.165, 1.54) is 28.8 Å². The van der Waals surface area contributed by atoms with Crippen LogP contribution in [0.25, 0.3) is 0 Å². The largest absolute Gasteiger partial charge is 0.316 e. The van der Waals surface area contributed by atoms with E-state index in [4.69, 9.17) is 0 Å². The van der Waals surface area contributed by atoms with Gasteiger partial charge in [-0.3, -0.25) is 4.90 Å². The van der Waals surface area contributed by atoms with Crippen LogP contribution in [0, 0.1) is 19.8 Å². The van der Waals surface area contributed by atoms with Gasteiger partial charge in [0.25, 0.3) is 0 Å². The van der Waals surface area contributed by atoms with Crippen molar-refractivity contribution >= 4 is 22.3 Å². The van der Waals surface area contributed by atoms with E-state index in [2.05, 4.69) is 49.2 Å². The lowest BCUT2D eigenvalue weighted by Gasteiger charge is -2.32. The van der Waals surface area contributed by atoms with Crippen LogP contribution in [-0.2, 0) is 13.0 Å². The van der Waals surface area contributed by atoms with Gasteiger partial charge in [0, 0.05) is 41.8 Å². The number of rotatable bonds is 6. The first-order chi connectivity index (χ1) is 13.6. The van der Waals surface area contributed by atoms with E-state index in [-0.39, 0.29) is 0 Å². The summed E-state index contributed by atoms with van der Waals surface area (Å²) in [6.07, 6.45) is 11.2. The minimum absolute atomic E-state index is 0.725. The number of hydrogen-bond donors (Lipinski definition) is 1. The van der Waals surface area contributed by atoms with E-state index in [1.807, 2.05) is 31.7 Å². The highest BCUT2D eigenvalue weighted by Crippen LogP contribution is 2.25. The minimum Gasteiger partial charge on any atom is -0.316 e. The molecule has 7 heteroatoms. The highest BCUT2D eigenvalue weighted by Gasteiger charge is 2.20. The third-order valence-electron chi connectivity index (χ3n) is 5.15. The Bertz CT molecular complexity index is 899. The third-order valence-corrected chi connectivity index (χ3v) is 5.98. The normalized spacial score (nSPS) is 15.6. The van der Waals surface area contributed by atoms with Crippen LogP contribution >= 0.6 is 11.3 Å². The zero-order valence-electron chi connectivity index (χ0n) is 16.4. The van der Waals surface area contributed by atoms with Gasteiger partial charge in [0.15, 0.2) is 5.13 Å². The van der Waals surface area contributed by atoms with Gasteiger partial charge in [-0.05, 0) is 69.8 Å². The monoisotopic (exact) mass is 394 g/mol. The number of hydrogen-bond acceptors (Lipinski definition) is 7. The fourth-order valence-corrected chi connectivity index (χ4v) is 4.30. The first-order valence-corrected chi connectivity index (χ1v) is 10.6. The lowest BCUT2D eigenvalue weighted by molar-refractivity contribution is 0.176. The number of aromatic nitrogens is 4. The van der Waals surface area contributed by atoms with E-state index in [1.54, 1.807) is 11.3 Å². The van der Waals surface area contributed by atoms with Crippen LogP contribution in [-0.4, -0.2) is 37.9 Å². The Kier molecular flexibility index (Phi) is 5.92. The molecule has 0 bridgehead atoms. The molecule has 6 nitrogen and oxygen atoms in total. The fourth-order valence-electron chi connectivity index (χ4n) is 3.63. The van der Waals surface area contributed by atoms with Crippen molar-refractivity contribution in [3.63, 3.8) is 0 Å². The van der Waals surface area contributed by atoms with Crippen molar-refractivity contribution in [1.82, 2.24) is 24.8 Å². The maximum absolute atomic E-state index is 4.44. The molecule has 4 rings (SSSR count). The zero-order chi connectivity index (χ0) is 19.3. The van der Waals surface area contributed by atoms with Gasteiger partial charge < -0.3 is 5.32 Å². The number of pyridine rings is 1. The Hall–Kier alpha value is -2.38. The second kappa shape index (κ2) is 8.75. The molecule has 0 radical (unpaired) electrons. The Balaban J connectivity index is 1.28. The van der Waals surface area contributed by atoms with Gasteiger partial charge >= 0.3 is 0 Å². The SMILES string of the molecule is Cc1ncc(CN2CCC(Cc3ccnc(Nc4ncc(C)s4)c3)CC2)cn1. The first kappa shape index (κ1) is 19.0. The number of thiazole rings is 1. The van der Waals surface area contributed by atoms with Gasteiger partial charge in [0.05, 0.1) is 0 Å². The fraction of sp³-hybridized carbons (Fsp3) is 0.429. The summed E-state index contributed by atoms with van der Waals surface area (Å²) in [5, 5.41) is 4.22. The molecule has 0 atom stereocenters.